The van der Waals surface area contributed by atoms with Crippen molar-refractivity contribution in [3.63, 3.8) is 0 Å². The van der Waals surface area contributed by atoms with Gasteiger partial charge in [-0.1, -0.05) is 13.8 Å². The second-order valence-electron chi connectivity index (χ2n) is 7.15. The van der Waals surface area contributed by atoms with E-state index in [0.29, 0.717) is 18.1 Å². The van der Waals surface area contributed by atoms with E-state index in [1.54, 1.807) is 0 Å². The van der Waals surface area contributed by atoms with E-state index in [4.69, 9.17) is 5.73 Å². The Balaban J connectivity index is 1.77. The minimum absolute atomic E-state index is 0.00904. The Kier molecular flexibility index (Phi) is 4.54. The fourth-order valence-electron chi connectivity index (χ4n) is 3.12. The van der Waals surface area contributed by atoms with Crippen molar-refractivity contribution in [2.75, 3.05) is 13.1 Å². The van der Waals surface area contributed by atoms with Crippen LogP contribution in [0.4, 0.5) is 13.2 Å². The highest BCUT2D eigenvalue weighted by molar-refractivity contribution is 5.35. The monoisotopic (exact) mass is 354 g/mol. The number of likely N-dealkylation sites (tertiary alicyclic amines) is 1. The summed E-state index contributed by atoms with van der Waals surface area (Å²) in [4.78, 5) is 2.22. The minimum atomic E-state index is -4.36. The number of nitrogens with two attached hydrogens (primary N) is 1. The number of piperidine rings is 1. The number of tetrazole rings is 1. The molecule has 9 heteroatoms. The van der Waals surface area contributed by atoms with Crippen LogP contribution in [0.2, 0.25) is 0 Å². The van der Waals surface area contributed by atoms with Gasteiger partial charge in [-0.25, -0.2) is 0 Å². The zero-order valence-corrected chi connectivity index (χ0v) is 14.2. The lowest BCUT2D eigenvalue weighted by atomic mass is 9.80. The first kappa shape index (κ1) is 17.8. The molecule has 2 heterocycles. The first-order valence-electron chi connectivity index (χ1n) is 8.10. The molecule has 25 heavy (non-hydrogen) atoms. The van der Waals surface area contributed by atoms with Gasteiger partial charge in [-0.05, 0) is 46.5 Å². The van der Waals surface area contributed by atoms with Crippen LogP contribution in [0, 0.1) is 5.41 Å². The molecule has 0 bridgehead atoms. The van der Waals surface area contributed by atoms with Crippen LogP contribution < -0.4 is 5.73 Å². The number of alkyl halides is 3. The van der Waals surface area contributed by atoms with Gasteiger partial charge in [0.15, 0.2) is 5.82 Å². The molecule has 2 N–H and O–H groups in total. The van der Waals surface area contributed by atoms with Gasteiger partial charge in [-0.2, -0.15) is 17.9 Å². The van der Waals surface area contributed by atoms with E-state index < -0.39 is 11.7 Å². The molecule has 0 saturated carbocycles. The first-order valence-corrected chi connectivity index (χ1v) is 8.10. The first-order chi connectivity index (χ1) is 11.7. The molecule has 1 aliphatic rings. The predicted molar refractivity (Wildman–Crippen MR) is 85.8 cm³/mol. The molecular formula is C16H21F3N6. The van der Waals surface area contributed by atoms with Gasteiger partial charge in [-0.15, -0.1) is 5.10 Å². The van der Waals surface area contributed by atoms with E-state index in [-0.39, 0.29) is 11.5 Å². The molecule has 1 saturated heterocycles. The minimum Gasteiger partial charge on any atom is -0.327 e. The summed E-state index contributed by atoms with van der Waals surface area (Å²) >= 11 is 0. The number of hydrogen-bond donors (Lipinski definition) is 1. The third kappa shape index (κ3) is 3.82. The zero-order chi connectivity index (χ0) is 18.2. The Labute approximate surface area is 143 Å². The predicted octanol–water partition coefficient (Wildman–Crippen LogP) is 2.24. The molecule has 3 rings (SSSR count). The van der Waals surface area contributed by atoms with E-state index in [0.717, 1.165) is 31.6 Å². The van der Waals surface area contributed by atoms with Gasteiger partial charge in [0, 0.05) is 19.1 Å². The van der Waals surface area contributed by atoms with Gasteiger partial charge in [0.05, 0.1) is 17.8 Å². The van der Waals surface area contributed by atoms with E-state index in [1.165, 1.54) is 16.8 Å². The molecule has 1 aromatic heterocycles. The van der Waals surface area contributed by atoms with Crippen molar-refractivity contribution in [1.29, 1.82) is 0 Å². The third-order valence-corrected chi connectivity index (χ3v) is 4.73. The van der Waals surface area contributed by atoms with Crippen LogP contribution in [0.25, 0.3) is 5.69 Å². The normalized spacial score (nSPS) is 21.4. The molecule has 0 spiro atoms. The second kappa shape index (κ2) is 6.38. The summed E-state index contributed by atoms with van der Waals surface area (Å²) < 4.78 is 39.5. The maximum Gasteiger partial charge on any atom is 0.416 e. The molecule has 0 amide bonds. The summed E-state index contributed by atoms with van der Waals surface area (Å²) in [5, 5.41) is 11.6. The summed E-state index contributed by atoms with van der Waals surface area (Å²) in [6, 6.07) is 4.96. The van der Waals surface area contributed by atoms with Gasteiger partial charge >= 0.3 is 6.18 Å². The molecule has 1 atom stereocenters. The van der Waals surface area contributed by atoms with Crippen LogP contribution in [0.1, 0.15) is 31.7 Å². The van der Waals surface area contributed by atoms with E-state index in [2.05, 4.69) is 34.3 Å². The molecule has 136 valence electrons. The maximum absolute atomic E-state index is 12.7. The third-order valence-electron chi connectivity index (χ3n) is 4.73. The van der Waals surface area contributed by atoms with Gasteiger partial charge in [0.25, 0.3) is 0 Å². The summed E-state index contributed by atoms with van der Waals surface area (Å²) in [5.74, 6) is 0.589. The Morgan fingerprint density at radius 3 is 2.52 bits per heavy atom. The standard InChI is InChI=1S/C16H21F3N6/c1-15(2)10-24(8-7-13(15)20)9-14-21-22-23-25(14)12-5-3-11(4-6-12)16(17,18)19/h3-6,13H,7-10,20H2,1-2H3. The van der Waals surface area contributed by atoms with Crippen LogP contribution in [0.3, 0.4) is 0 Å². The van der Waals surface area contributed by atoms with E-state index >= 15 is 0 Å². The number of benzene rings is 1. The molecule has 0 aliphatic carbocycles. The molecule has 0 radical (unpaired) electrons. The highest BCUT2D eigenvalue weighted by Gasteiger charge is 2.34. The van der Waals surface area contributed by atoms with Crippen molar-refractivity contribution in [3.8, 4) is 5.69 Å². The largest absolute Gasteiger partial charge is 0.416 e. The Hall–Kier alpha value is -2.00. The van der Waals surface area contributed by atoms with Crippen LogP contribution in [0.15, 0.2) is 24.3 Å². The molecule has 6 nitrogen and oxygen atoms in total. The molecule has 1 aromatic carbocycles. The van der Waals surface area contributed by atoms with Crippen molar-refractivity contribution >= 4 is 0 Å². The quantitative estimate of drug-likeness (QED) is 0.915. The van der Waals surface area contributed by atoms with Crippen LogP contribution >= 0.6 is 0 Å². The average molecular weight is 354 g/mol. The summed E-state index contributed by atoms with van der Waals surface area (Å²) in [5.41, 5.74) is 5.95. The summed E-state index contributed by atoms with van der Waals surface area (Å²) in [6.07, 6.45) is -3.48. The van der Waals surface area contributed by atoms with Crippen LogP contribution in [0.5, 0.6) is 0 Å². The maximum atomic E-state index is 12.7. The van der Waals surface area contributed by atoms with Crippen molar-refractivity contribution in [3.05, 3.63) is 35.7 Å². The van der Waals surface area contributed by atoms with Crippen LogP contribution in [-0.2, 0) is 12.7 Å². The van der Waals surface area contributed by atoms with Crippen molar-refractivity contribution in [2.24, 2.45) is 11.1 Å². The smallest absolute Gasteiger partial charge is 0.327 e. The zero-order valence-electron chi connectivity index (χ0n) is 14.2. The van der Waals surface area contributed by atoms with Gasteiger partial charge in [0.1, 0.15) is 0 Å². The van der Waals surface area contributed by atoms with E-state index in [1.807, 2.05) is 0 Å². The number of rotatable bonds is 3. The lowest BCUT2D eigenvalue weighted by Gasteiger charge is -2.42. The molecule has 1 fully saturated rings. The SMILES string of the molecule is CC1(C)CN(Cc2nnnn2-c2ccc(C(F)(F)F)cc2)CCC1N. The molecule has 2 aromatic rings. The molecular weight excluding hydrogens is 333 g/mol. The topological polar surface area (TPSA) is 72.9 Å². The second-order valence-corrected chi connectivity index (χ2v) is 7.15. The van der Waals surface area contributed by atoms with Crippen molar-refractivity contribution < 1.29 is 13.2 Å². The lowest BCUT2D eigenvalue weighted by molar-refractivity contribution is -0.137. The number of aromatic nitrogens is 4. The lowest BCUT2D eigenvalue weighted by Crippen LogP contribution is -2.52. The van der Waals surface area contributed by atoms with Crippen molar-refractivity contribution in [1.82, 2.24) is 25.1 Å². The van der Waals surface area contributed by atoms with Crippen LogP contribution in [-0.4, -0.2) is 44.2 Å². The Morgan fingerprint density at radius 2 is 1.92 bits per heavy atom. The van der Waals surface area contributed by atoms with Gasteiger partial charge < -0.3 is 5.73 Å². The molecule has 1 aliphatic heterocycles. The van der Waals surface area contributed by atoms with Crippen molar-refractivity contribution in [2.45, 2.75) is 39.0 Å². The Bertz CT molecular complexity index is 722. The van der Waals surface area contributed by atoms with E-state index in [9.17, 15) is 13.2 Å². The highest BCUT2D eigenvalue weighted by atomic mass is 19.4. The molecule has 1 unspecified atom stereocenters. The highest BCUT2D eigenvalue weighted by Crippen LogP contribution is 2.30. The summed E-state index contributed by atoms with van der Waals surface area (Å²) in [6.45, 7) is 6.42. The fourth-order valence-corrected chi connectivity index (χ4v) is 3.12. The van der Waals surface area contributed by atoms with Gasteiger partial charge in [0.2, 0.25) is 0 Å². The van der Waals surface area contributed by atoms with Gasteiger partial charge in [-0.3, -0.25) is 4.90 Å². The average Bonchev–Trinajstić information content (AvgIpc) is 2.98. The Morgan fingerprint density at radius 1 is 1.24 bits per heavy atom. The fraction of sp³-hybridized carbons (Fsp3) is 0.562. The number of hydrogen-bond acceptors (Lipinski definition) is 5. The number of halogens is 3. The summed E-state index contributed by atoms with van der Waals surface area (Å²) in [7, 11) is 0. The number of nitrogens with zero attached hydrogens (tertiary/aromatic N) is 5.